The van der Waals surface area contributed by atoms with Crippen molar-refractivity contribution in [2.45, 2.75) is 32.9 Å². The number of methoxy groups -OCH3 is 1. The second kappa shape index (κ2) is 8.26. The standard InChI is InChI=1S/C20H22N2O4S/c1-4-17(26-15-8-6-7-14(12-15)25-3)19(23)21-13-9-10-16-18(11-13)27-20(24)22(16)5-2/h6-12,17H,4-5H2,1-3H3,(H,21,23)/t17-/m0/s1. The fourth-order valence-corrected chi connectivity index (χ4v) is 3.82. The van der Waals surface area contributed by atoms with E-state index in [0.717, 1.165) is 10.2 Å². The lowest BCUT2D eigenvalue weighted by atomic mass is 10.2. The Labute approximate surface area is 161 Å². The van der Waals surface area contributed by atoms with Crippen molar-refractivity contribution in [3.63, 3.8) is 0 Å². The molecule has 3 aromatic rings. The molecule has 6 nitrogen and oxygen atoms in total. The smallest absolute Gasteiger partial charge is 0.308 e. The Hall–Kier alpha value is -2.80. The molecule has 0 spiro atoms. The van der Waals surface area contributed by atoms with Crippen LogP contribution in [0.1, 0.15) is 20.3 Å². The minimum absolute atomic E-state index is 0.00349. The van der Waals surface area contributed by atoms with Gasteiger partial charge in [0.2, 0.25) is 0 Å². The average molecular weight is 386 g/mol. The number of carbonyl (C=O) groups excluding carboxylic acids is 1. The first-order valence-corrected chi connectivity index (χ1v) is 9.62. The van der Waals surface area contributed by atoms with Gasteiger partial charge in [-0.1, -0.05) is 24.3 Å². The third-order valence-corrected chi connectivity index (χ3v) is 5.18. The highest BCUT2D eigenvalue weighted by Gasteiger charge is 2.19. The fourth-order valence-electron chi connectivity index (χ4n) is 2.83. The van der Waals surface area contributed by atoms with E-state index in [1.54, 1.807) is 29.9 Å². The summed E-state index contributed by atoms with van der Waals surface area (Å²) in [6, 6.07) is 12.6. The monoisotopic (exact) mass is 386 g/mol. The zero-order valence-electron chi connectivity index (χ0n) is 15.5. The molecule has 0 aliphatic rings. The molecular formula is C20H22N2O4S. The van der Waals surface area contributed by atoms with Gasteiger partial charge in [0, 0.05) is 18.3 Å². The van der Waals surface area contributed by atoms with E-state index in [1.807, 2.05) is 38.1 Å². The lowest BCUT2D eigenvalue weighted by Crippen LogP contribution is -2.32. The number of nitrogens with zero attached hydrogens (tertiary/aromatic N) is 1. The number of thiazole rings is 1. The third-order valence-electron chi connectivity index (χ3n) is 4.23. The molecule has 0 saturated heterocycles. The summed E-state index contributed by atoms with van der Waals surface area (Å²) in [7, 11) is 1.58. The molecule has 27 heavy (non-hydrogen) atoms. The summed E-state index contributed by atoms with van der Waals surface area (Å²) in [5, 5.41) is 2.88. The van der Waals surface area contributed by atoms with E-state index in [1.165, 1.54) is 11.3 Å². The summed E-state index contributed by atoms with van der Waals surface area (Å²) in [6.45, 7) is 4.45. The van der Waals surface area contributed by atoms with E-state index >= 15 is 0 Å². The van der Waals surface area contributed by atoms with Crippen molar-refractivity contribution < 1.29 is 14.3 Å². The highest BCUT2D eigenvalue weighted by Crippen LogP contribution is 2.23. The number of aryl methyl sites for hydroxylation is 1. The maximum absolute atomic E-state index is 12.6. The molecule has 1 atom stereocenters. The van der Waals surface area contributed by atoms with Gasteiger partial charge in [-0.3, -0.25) is 14.2 Å². The number of ether oxygens (including phenoxy) is 2. The molecule has 142 valence electrons. The molecule has 0 bridgehead atoms. The maximum Gasteiger partial charge on any atom is 0.308 e. The first-order valence-electron chi connectivity index (χ1n) is 8.80. The number of anilines is 1. The molecule has 7 heteroatoms. The molecule has 1 amide bonds. The van der Waals surface area contributed by atoms with Crippen LogP contribution in [0.4, 0.5) is 5.69 Å². The Balaban J connectivity index is 1.76. The van der Waals surface area contributed by atoms with Crippen molar-refractivity contribution in [3.05, 3.63) is 52.1 Å². The molecule has 0 aliphatic carbocycles. The molecule has 0 saturated carbocycles. The Bertz CT molecular complexity index is 1010. The molecular weight excluding hydrogens is 364 g/mol. The van der Waals surface area contributed by atoms with Crippen LogP contribution in [0.25, 0.3) is 10.2 Å². The van der Waals surface area contributed by atoms with Gasteiger partial charge in [0.15, 0.2) is 6.10 Å². The molecule has 0 radical (unpaired) electrons. The topological polar surface area (TPSA) is 69.6 Å². The van der Waals surface area contributed by atoms with Crippen LogP contribution >= 0.6 is 11.3 Å². The van der Waals surface area contributed by atoms with Crippen LogP contribution in [0.15, 0.2) is 47.3 Å². The van der Waals surface area contributed by atoms with E-state index in [9.17, 15) is 9.59 Å². The molecule has 1 N–H and O–H groups in total. The van der Waals surface area contributed by atoms with Crippen molar-refractivity contribution in [1.82, 2.24) is 4.57 Å². The van der Waals surface area contributed by atoms with Gasteiger partial charge in [0.1, 0.15) is 11.5 Å². The van der Waals surface area contributed by atoms with E-state index in [0.29, 0.717) is 30.2 Å². The zero-order chi connectivity index (χ0) is 19.4. The van der Waals surface area contributed by atoms with Gasteiger partial charge < -0.3 is 14.8 Å². The lowest BCUT2D eigenvalue weighted by Gasteiger charge is -2.17. The van der Waals surface area contributed by atoms with Crippen LogP contribution < -0.4 is 19.7 Å². The predicted octanol–water partition coefficient (Wildman–Crippen LogP) is 3.89. The number of fused-ring (bicyclic) bond motifs is 1. The average Bonchev–Trinajstić information content (AvgIpc) is 3.00. The van der Waals surface area contributed by atoms with Crippen LogP contribution in [0.2, 0.25) is 0 Å². The van der Waals surface area contributed by atoms with Crippen LogP contribution in [0.3, 0.4) is 0 Å². The normalized spacial score (nSPS) is 12.0. The van der Waals surface area contributed by atoms with Crippen LogP contribution in [0, 0.1) is 0 Å². The van der Waals surface area contributed by atoms with Gasteiger partial charge in [-0.25, -0.2) is 0 Å². The van der Waals surface area contributed by atoms with Crippen molar-refractivity contribution in [2.75, 3.05) is 12.4 Å². The number of rotatable bonds is 7. The minimum atomic E-state index is -0.633. The number of hydrogen-bond donors (Lipinski definition) is 1. The van der Waals surface area contributed by atoms with Crippen molar-refractivity contribution in [2.24, 2.45) is 0 Å². The second-order valence-corrected chi connectivity index (χ2v) is 6.97. The van der Waals surface area contributed by atoms with Crippen molar-refractivity contribution in [3.8, 4) is 11.5 Å². The largest absolute Gasteiger partial charge is 0.497 e. The summed E-state index contributed by atoms with van der Waals surface area (Å²) in [4.78, 5) is 24.6. The highest BCUT2D eigenvalue weighted by atomic mass is 32.1. The molecule has 0 fully saturated rings. The quantitative estimate of drug-likeness (QED) is 0.669. The lowest BCUT2D eigenvalue weighted by molar-refractivity contribution is -0.122. The Kier molecular flexibility index (Phi) is 5.81. The number of aromatic nitrogens is 1. The first-order chi connectivity index (χ1) is 13.0. The number of carbonyl (C=O) groups is 1. The predicted molar refractivity (Wildman–Crippen MR) is 108 cm³/mol. The van der Waals surface area contributed by atoms with Gasteiger partial charge in [-0.2, -0.15) is 0 Å². The summed E-state index contributed by atoms with van der Waals surface area (Å²) >= 11 is 1.18. The minimum Gasteiger partial charge on any atom is -0.497 e. The first kappa shape index (κ1) is 19.0. The third kappa shape index (κ3) is 4.14. The van der Waals surface area contributed by atoms with Crippen LogP contribution in [-0.2, 0) is 11.3 Å². The number of hydrogen-bond acceptors (Lipinski definition) is 5. The molecule has 0 unspecified atom stereocenters. The Morgan fingerprint density at radius 2 is 1.96 bits per heavy atom. The summed E-state index contributed by atoms with van der Waals surface area (Å²) in [5.41, 5.74) is 1.52. The van der Waals surface area contributed by atoms with Gasteiger partial charge in [0.05, 0.1) is 17.3 Å². The summed E-state index contributed by atoms with van der Waals surface area (Å²) < 4.78 is 13.6. The van der Waals surface area contributed by atoms with E-state index < -0.39 is 6.10 Å². The van der Waals surface area contributed by atoms with Gasteiger partial charge in [-0.15, -0.1) is 0 Å². The number of nitrogens with one attached hydrogen (secondary N) is 1. The molecule has 0 aliphatic heterocycles. The summed E-state index contributed by atoms with van der Waals surface area (Å²) in [6.07, 6.45) is -0.114. The Morgan fingerprint density at radius 1 is 1.19 bits per heavy atom. The molecule has 1 heterocycles. The Morgan fingerprint density at radius 3 is 2.67 bits per heavy atom. The zero-order valence-corrected chi connectivity index (χ0v) is 16.3. The number of amides is 1. The van der Waals surface area contributed by atoms with Gasteiger partial charge in [-0.05, 0) is 43.7 Å². The second-order valence-electron chi connectivity index (χ2n) is 5.98. The molecule has 3 rings (SSSR count). The highest BCUT2D eigenvalue weighted by molar-refractivity contribution is 7.16. The SMILES string of the molecule is CC[C@H](Oc1cccc(OC)c1)C(=O)Nc1ccc2c(c1)sc(=O)n2CC. The summed E-state index contributed by atoms with van der Waals surface area (Å²) in [5.74, 6) is 1.01. The van der Waals surface area contributed by atoms with E-state index in [2.05, 4.69) is 5.32 Å². The van der Waals surface area contributed by atoms with E-state index in [4.69, 9.17) is 9.47 Å². The molecule has 2 aromatic carbocycles. The van der Waals surface area contributed by atoms with E-state index in [-0.39, 0.29) is 10.8 Å². The number of benzene rings is 2. The fraction of sp³-hybridized carbons (Fsp3) is 0.300. The van der Waals surface area contributed by atoms with Crippen LogP contribution in [-0.4, -0.2) is 23.7 Å². The van der Waals surface area contributed by atoms with Crippen molar-refractivity contribution in [1.29, 1.82) is 0 Å². The maximum atomic E-state index is 12.6. The van der Waals surface area contributed by atoms with Crippen LogP contribution in [0.5, 0.6) is 11.5 Å². The van der Waals surface area contributed by atoms with Gasteiger partial charge in [0.25, 0.3) is 5.91 Å². The van der Waals surface area contributed by atoms with Gasteiger partial charge >= 0.3 is 4.87 Å². The van der Waals surface area contributed by atoms with Crippen molar-refractivity contribution >= 4 is 33.1 Å². The molecule has 1 aromatic heterocycles.